The van der Waals surface area contributed by atoms with E-state index in [9.17, 15) is 14.3 Å². The van der Waals surface area contributed by atoms with Crippen LogP contribution in [0.25, 0.3) is 10.9 Å². The van der Waals surface area contributed by atoms with Crippen molar-refractivity contribution >= 4 is 22.5 Å². The van der Waals surface area contributed by atoms with Gasteiger partial charge in [-0.15, -0.1) is 0 Å². The van der Waals surface area contributed by atoms with Gasteiger partial charge >= 0.3 is 0 Å². The Labute approximate surface area is 205 Å². The molecule has 0 unspecified atom stereocenters. The van der Waals surface area contributed by atoms with Gasteiger partial charge in [-0.3, -0.25) is 4.79 Å². The first-order chi connectivity index (χ1) is 16.6. The minimum absolute atomic E-state index is 0.0364. The average Bonchev–Trinajstić information content (AvgIpc) is 3.42. The molecular formula is C27H34FN3O4. The normalized spacial score (nSPS) is 16.1. The highest BCUT2D eigenvalue weighted by Gasteiger charge is 2.19. The molecule has 1 aliphatic heterocycles. The molecule has 3 N–H and O–H groups in total. The van der Waals surface area contributed by atoms with Crippen molar-refractivity contribution in [2.45, 2.75) is 51.9 Å². The molecule has 0 spiro atoms. The SMILES string of the molecule is Cc1c(NC(=O)c2ccc(OC[C@@H]3CCCO3)cc2F)ccc2cc(CNCC(C)(C)O)n(C)c12. The molecule has 3 aromatic rings. The zero-order valence-electron chi connectivity index (χ0n) is 20.8. The van der Waals surface area contributed by atoms with E-state index in [0.717, 1.165) is 41.6 Å². The number of carbonyl (C=O) groups excluding carboxylic acids is 1. The second-order valence-corrected chi connectivity index (χ2v) is 9.83. The molecule has 0 saturated carbocycles. The molecule has 8 heteroatoms. The molecule has 0 aliphatic carbocycles. The van der Waals surface area contributed by atoms with Crippen molar-refractivity contribution in [2.24, 2.45) is 7.05 Å². The number of hydrogen-bond donors (Lipinski definition) is 3. The van der Waals surface area contributed by atoms with E-state index in [1.807, 2.05) is 26.1 Å². The number of anilines is 1. The van der Waals surface area contributed by atoms with E-state index in [1.165, 1.54) is 12.1 Å². The highest BCUT2D eigenvalue weighted by atomic mass is 19.1. The fourth-order valence-corrected chi connectivity index (χ4v) is 4.43. The highest BCUT2D eigenvalue weighted by molar-refractivity contribution is 6.06. The first-order valence-electron chi connectivity index (χ1n) is 12.0. The number of nitrogens with one attached hydrogen (secondary N) is 2. The molecule has 1 fully saturated rings. The number of benzene rings is 2. The van der Waals surface area contributed by atoms with E-state index in [2.05, 4.69) is 21.3 Å². The number of aryl methyl sites for hydroxylation is 2. The lowest BCUT2D eigenvalue weighted by Crippen LogP contribution is -2.34. The van der Waals surface area contributed by atoms with E-state index in [4.69, 9.17) is 9.47 Å². The van der Waals surface area contributed by atoms with Crippen molar-refractivity contribution in [3.8, 4) is 5.75 Å². The van der Waals surface area contributed by atoms with E-state index in [0.29, 0.717) is 31.1 Å². The van der Waals surface area contributed by atoms with Crippen LogP contribution in [0.5, 0.6) is 5.75 Å². The summed E-state index contributed by atoms with van der Waals surface area (Å²) in [7, 11) is 1.97. The Balaban J connectivity index is 1.46. The number of fused-ring (bicyclic) bond motifs is 1. The molecule has 4 rings (SSSR count). The number of halogens is 1. The van der Waals surface area contributed by atoms with Crippen LogP contribution >= 0.6 is 0 Å². The van der Waals surface area contributed by atoms with Crippen LogP contribution in [-0.2, 0) is 18.3 Å². The van der Waals surface area contributed by atoms with Crippen molar-refractivity contribution < 1.29 is 23.8 Å². The fraction of sp³-hybridized carbons (Fsp3) is 0.444. The van der Waals surface area contributed by atoms with Gasteiger partial charge in [0.1, 0.15) is 18.2 Å². The van der Waals surface area contributed by atoms with Gasteiger partial charge in [0.2, 0.25) is 0 Å². The highest BCUT2D eigenvalue weighted by Crippen LogP contribution is 2.29. The Morgan fingerprint density at radius 1 is 1.29 bits per heavy atom. The molecule has 1 aliphatic rings. The summed E-state index contributed by atoms with van der Waals surface area (Å²) in [4.78, 5) is 12.9. The third-order valence-electron chi connectivity index (χ3n) is 6.31. The topological polar surface area (TPSA) is 84.8 Å². The van der Waals surface area contributed by atoms with Crippen molar-refractivity contribution in [3.05, 3.63) is 59.0 Å². The first kappa shape index (κ1) is 25.2. The molecular weight excluding hydrogens is 449 g/mol. The molecule has 2 heterocycles. The van der Waals surface area contributed by atoms with Crippen molar-refractivity contribution in [3.63, 3.8) is 0 Å². The van der Waals surface area contributed by atoms with E-state index < -0.39 is 17.3 Å². The van der Waals surface area contributed by atoms with Crippen LogP contribution in [0.3, 0.4) is 0 Å². The number of aromatic nitrogens is 1. The Bertz CT molecular complexity index is 1210. The van der Waals surface area contributed by atoms with Crippen LogP contribution < -0.4 is 15.4 Å². The van der Waals surface area contributed by atoms with Crippen LogP contribution in [0, 0.1) is 12.7 Å². The van der Waals surface area contributed by atoms with E-state index >= 15 is 0 Å². The largest absolute Gasteiger partial charge is 0.491 e. The minimum atomic E-state index is -0.790. The van der Waals surface area contributed by atoms with Crippen LogP contribution in [-0.4, -0.2) is 47.0 Å². The van der Waals surface area contributed by atoms with Crippen LogP contribution in [0.4, 0.5) is 10.1 Å². The average molecular weight is 484 g/mol. The van der Waals surface area contributed by atoms with Gasteiger partial charge in [-0.2, -0.15) is 0 Å². The number of amides is 1. The fourth-order valence-electron chi connectivity index (χ4n) is 4.43. The first-order valence-corrected chi connectivity index (χ1v) is 12.0. The molecule has 1 saturated heterocycles. The predicted octanol–water partition coefficient (Wildman–Crippen LogP) is 4.30. The zero-order valence-corrected chi connectivity index (χ0v) is 20.8. The maximum atomic E-state index is 14.7. The lowest BCUT2D eigenvalue weighted by molar-refractivity contribution is 0.0678. The molecule has 188 valence electrons. The van der Waals surface area contributed by atoms with Crippen molar-refractivity contribution in [1.29, 1.82) is 0 Å². The summed E-state index contributed by atoms with van der Waals surface area (Å²) in [5.74, 6) is -0.774. The molecule has 1 aromatic heterocycles. The Morgan fingerprint density at radius 3 is 2.77 bits per heavy atom. The maximum absolute atomic E-state index is 14.7. The molecule has 1 atom stereocenters. The van der Waals surface area contributed by atoms with Crippen LogP contribution in [0.1, 0.15) is 48.3 Å². The summed E-state index contributed by atoms with van der Waals surface area (Å²) < 4.78 is 27.9. The number of aliphatic hydroxyl groups is 1. The van der Waals surface area contributed by atoms with E-state index in [-0.39, 0.29) is 11.7 Å². The number of rotatable bonds is 9. The number of nitrogens with zero attached hydrogens (tertiary/aromatic N) is 1. The summed E-state index contributed by atoms with van der Waals surface area (Å²) in [5.41, 5.74) is 2.72. The third-order valence-corrected chi connectivity index (χ3v) is 6.31. The monoisotopic (exact) mass is 483 g/mol. The van der Waals surface area contributed by atoms with Crippen LogP contribution in [0.2, 0.25) is 0 Å². The van der Waals surface area contributed by atoms with Crippen LogP contribution in [0.15, 0.2) is 36.4 Å². The predicted molar refractivity (Wildman–Crippen MR) is 134 cm³/mol. The smallest absolute Gasteiger partial charge is 0.258 e. The minimum Gasteiger partial charge on any atom is -0.491 e. The van der Waals surface area contributed by atoms with Gasteiger partial charge in [-0.25, -0.2) is 4.39 Å². The van der Waals surface area contributed by atoms with Gasteiger partial charge in [-0.1, -0.05) is 6.07 Å². The molecule has 1 amide bonds. The Morgan fingerprint density at radius 2 is 2.09 bits per heavy atom. The Kier molecular flexibility index (Phi) is 7.44. The maximum Gasteiger partial charge on any atom is 0.258 e. The second kappa shape index (κ2) is 10.4. The summed E-state index contributed by atoms with van der Waals surface area (Å²) >= 11 is 0. The summed E-state index contributed by atoms with van der Waals surface area (Å²) in [6, 6.07) is 10.1. The lowest BCUT2D eigenvalue weighted by Gasteiger charge is -2.18. The summed E-state index contributed by atoms with van der Waals surface area (Å²) in [6.45, 7) is 7.63. The zero-order chi connectivity index (χ0) is 25.2. The standard InChI is InChI=1S/C27H34FN3O4/c1-17-24(10-7-18-12-19(31(4)25(17)18)14-29-16-27(2,3)33)30-26(32)22-9-8-20(13-23(22)28)35-15-21-6-5-11-34-21/h7-10,12-13,21,29,33H,5-6,11,14-16H2,1-4H3,(H,30,32)/t21-/m0/s1. The molecule has 7 nitrogen and oxygen atoms in total. The molecule has 0 radical (unpaired) electrons. The number of ether oxygens (including phenoxy) is 2. The lowest BCUT2D eigenvalue weighted by atomic mass is 10.1. The number of carbonyl (C=O) groups is 1. The van der Waals surface area contributed by atoms with Gasteiger partial charge in [-0.05, 0) is 63.4 Å². The van der Waals surface area contributed by atoms with Gasteiger partial charge in [0.25, 0.3) is 5.91 Å². The van der Waals surface area contributed by atoms with Crippen molar-refractivity contribution in [2.75, 3.05) is 25.1 Å². The summed E-state index contributed by atoms with van der Waals surface area (Å²) in [6.07, 6.45) is 1.98. The summed E-state index contributed by atoms with van der Waals surface area (Å²) in [5, 5.41) is 17.1. The quantitative estimate of drug-likeness (QED) is 0.423. The van der Waals surface area contributed by atoms with Gasteiger partial charge in [0.05, 0.1) is 22.8 Å². The number of hydrogen-bond acceptors (Lipinski definition) is 5. The van der Waals surface area contributed by atoms with Crippen molar-refractivity contribution in [1.82, 2.24) is 9.88 Å². The van der Waals surface area contributed by atoms with Gasteiger partial charge in [0, 0.05) is 49.6 Å². The molecule has 35 heavy (non-hydrogen) atoms. The van der Waals surface area contributed by atoms with E-state index in [1.54, 1.807) is 19.9 Å². The molecule has 2 aromatic carbocycles. The van der Waals surface area contributed by atoms with Gasteiger partial charge in [0.15, 0.2) is 0 Å². The third kappa shape index (κ3) is 6.01. The second-order valence-electron chi connectivity index (χ2n) is 9.83. The Hall–Kier alpha value is -2.94. The van der Waals surface area contributed by atoms with Gasteiger partial charge < -0.3 is 29.8 Å². The molecule has 0 bridgehead atoms.